The Bertz CT molecular complexity index is 4670. The molecule has 14 heterocycles. The van der Waals surface area contributed by atoms with E-state index in [0.29, 0.717) is 12.8 Å². The number of nitro groups is 1. The van der Waals surface area contributed by atoms with Crippen LogP contribution >= 0.6 is 0 Å². The molecule has 0 aromatic carbocycles. The van der Waals surface area contributed by atoms with E-state index in [9.17, 15) is 93.5 Å². The topological polar surface area (TPSA) is 778 Å². The molecule has 0 saturated carbocycles. The first-order valence-electron chi connectivity index (χ1n) is 31.2. The van der Waals surface area contributed by atoms with E-state index in [2.05, 4.69) is 40.5 Å². The van der Waals surface area contributed by atoms with E-state index < -0.39 is 184 Å². The molecule has 22 N–H and O–H groups in total. The second-order valence-electron chi connectivity index (χ2n) is 23.8. The Balaban J connectivity index is 0.000000146. The number of imide groups is 1. The summed E-state index contributed by atoms with van der Waals surface area (Å²) in [4.78, 5) is 147. The predicted octanol–water partition coefficient (Wildman–Crippen LogP) is -12.5. The van der Waals surface area contributed by atoms with E-state index in [0.717, 1.165) is 35.6 Å². The zero-order valence-corrected chi connectivity index (χ0v) is 53.9. The van der Waals surface area contributed by atoms with E-state index >= 15 is 0 Å². The van der Waals surface area contributed by atoms with Gasteiger partial charge in [0.2, 0.25) is 0 Å². The maximum absolute atomic E-state index is 11.9. The number of nitrogens with two attached hydrogens (primary N) is 2. The molecule has 0 spiro atoms. The van der Waals surface area contributed by atoms with Crippen LogP contribution in [0, 0.1) is 15.6 Å². The molecule has 8 fully saturated rings. The monoisotopic (exact) mass is 1500 g/mol. The third kappa shape index (κ3) is 17.7. The van der Waals surface area contributed by atoms with E-state index in [4.69, 9.17) is 75.7 Å². The van der Waals surface area contributed by atoms with Crippen LogP contribution in [0.25, 0.3) is 11.2 Å². The number of fused-ring (bicyclic) bond motifs is 5. The summed E-state index contributed by atoms with van der Waals surface area (Å²) in [6.45, 7) is -1.13. The summed E-state index contributed by atoms with van der Waals surface area (Å²) in [6.07, 6.45) is -9.44. The predicted molar refractivity (Wildman–Crippen MR) is 333 cm³/mol. The van der Waals surface area contributed by atoms with E-state index in [1.54, 1.807) is 4.98 Å². The van der Waals surface area contributed by atoms with Crippen LogP contribution in [0.4, 0.5) is 16.2 Å². The van der Waals surface area contributed by atoms with Gasteiger partial charge in [0.1, 0.15) is 42.3 Å². The summed E-state index contributed by atoms with van der Waals surface area (Å²) in [5.41, 5.74) is 10.1. The molecule has 6 aromatic rings. The van der Waals surface area contributed by atoms with Crippen LogP contribution in [0.1, 0.15) is 80.2 Å². The molecule has 7 unspecified atom stereocenters. The number of hydrogen-bond donors (Lipinski definition) is 20. The van der Waals surface area contributed by atoms with Crippen molar-refractivity contribution < 1.29 is 113 Å². The molecule has 105 heavy (non-hydrogen) atoms. The van der Waals surface area contributed by atoms with Crippen molar-refractivity contribution in [1.29, 1.82) is 5.53 Å². The summed E-state index contributed by atoms with van der Waals surface area (Å²) in [5.74, 6) is -1.46. The van der Waals surface area contributed by atoms with Crippen molar-refractivity contribution >= 4 is 46.1 Å². The highest BCUT2D eigenvalue weighted by Crippen LogP contribution is 2.34. The second kappa shape index (κ2) is 34.0. The Labute approximate surface area is 579 Å². The number of aliphatic hydroxyl groups is 11. The zero-order chi connectivity index (χ0) is 76.6. The number of aromatic nitrogens is 14. The molecule has 4 amide bonds. The first-order valence-corrected chi connectivity index (χ1v) is 31.2. The minimum Gasteiger partial charge on any atom is -0.394 e. The fourth-order valence-electron chi connectivity index (χ4n) is 11.6. The fraction of sp³-hybridized carbons (Fsp3) is 0.585. The van der Waals surface area contributed by atoms with Gasteiger partial charge in [-0.05, 0) is 0 Å². The second-order valence-corrected chi connectivity index (χ2v) is 23.8. The number of H-pyrrole nitrogens is 5. The van der Waals surface area contributed by atoms with Crippen LogP contribution in [0.2, 0.25) is 0 Å². The number of nitrogen functional groups attached to an aromatic ring is 1. The number of aromatic amines is 5. The van der Waals surface area contributed by atoms with Gasteiger partial charge in [0.15, 0.2) is 54.2 Å². The van der Waals surface area contributed by atoms with Crippen LogP contribution in [0.5, 0.6) is 0 Å². The molecule has 2 bridgehead atoms. The molecular formula is C53H70N21O31+. The number of rotatable bonds is 12. The molecule has 14 rings (SSSR count). The van der Waals surface area contributed by atoms with E-state index in [-0.39, 0.29) is 99.7 Å². The number of nitrogens with one attached hydrogen (secondary N) is 7. The van der Waals surface area contributed by atoms with Crippen molar-refractivity contribution in [3.8, 4) is 0 Å². The normalized spacial score (nSPS) is 30.0. The number of aliphatic hydroxyl groups excluding tert-OH is 11. The van der Waals surface area contributed by atoms with Gasteiger partial charge in [0, 0.05) is 57.0 Å². The van der Waals surface area contributed by atoms with Crippen molar-refractivity contribution in [3.05, 3.63) is 130 Å². The number of anilines is 1. The largest absolute Gasteiger partial charge is 0.454 e. The van der Waals surface area contributed by atoms with Crippen LogP contribution in [-0.4, -0.2) is 288 Å². The third-order valence-electron chi connectivity index (χ3n) is 16.5. The highest BCUT2D eigenvalue weighted by Gasteiger charge is 2.56. The Hall–Kier alpha value is -10.5. The lowest BCUT2D eigenvalue weighted by Gasteiger charge is -2.34. The van der Waals surface area contributed by atoms with Crippen LogP contribution in [0.3, 0.4) is 0 Å². The van der Waals surface area contributed by atoms with Gasteiger partial charge in [-0.3, -0.25) is 82.7 Å². The first kappa shape index (κ1) is 78.7. The van der Waals surface area contributed by atoms with Crippen molar-refractivity contribution in [2.45, 2.75) is 155 Å². The number of amides is 4. The first-order chi connectivity index (χ1) is 49.9. The minimum atomic E-state index is -1.18. The lowest BCUT2D eigenvalue weighted by atomic mass is 10.1. The van der Waals surface area contributed by atoms with E-state index in [1.807, 2.05) is 10.3 Å². The summed E-state index contributed by atoms with van der Waals surface area (Å²) < 4.78 is 42.3. The highest BCUT2D eigenvalue weighted by atomic mass is 16.6. The fourth-order valence-corrected chi connectivity index (χ4v) is 11.6. The van der Waals surface area contributed by atoms with Crippen LogP contribution in [-0.2, 0) is 38.0 Å². The number of hydrogen-bond acceptors (Lipinski definition) is 37. The van der Waals surface area contributed by atoms with Gasteiger partial charge in [-0.15, -0.1) is 15.3 Å². The Kier molecular flexibility index (Phi) is 25.5. The van der Waals surface area contributed by atoms with Gasteiger partial charge >= 0.3 is 51.7 Å². The smallest absolute Gasteiger partial charge is 0.394 e. The average molecular weight is 1500 g/mol. The molecule has 0 radical (unpaired) electrons. The summed E-state index contributed by atoms with van der Waals surface area (Å²) in [7, 11) is 0. The summed E-state index contributed by atoms with van der Waals surface area (Å²) >= 11 is 0. The van der Waals surface area contributed by atoms with Crippen LogP contribution < -0.4 is 61.8 Å². The van der Waals surface area contributed by atoms with Gasteiger partial charge in [-0.25, -0.2) is 33.2 Å². The number of nitrogens with zero attached hydrogens (tertiary/aromatic N) is 12. The molecule has 52 heteroatoms. The van der Waals surface area contributed by atoms with Crippen LogP contribution in [0.15, 0.2) is 69.2 Å². The number of carbonyl (C=O) groups excluding carboxylic acids is 3. The maximum atomic E-state index is 11.9. The van der Waals surface area contributed by atoms with Crippen molar-refractivity contribution in [2.24, 2.45) is 5.73 Å². The summed E-state index contributed by atoms with van der Waals surface area (Å²) in [6, 6.07) is 0.452. The molecule has 19 atom stereocenters. The van der Waals surface area contributed by atoms with E-state index in [1.165, 1.54) is 23.1 Å². The number of ether oxygens (including phenoxy) is 7. The van der Waals surface area contributed by atoms with Crippen molar-refractivity contribution in [2.75, 3.05) is 45.4 Å². The lowest BCUT2D eigenvalue weighted by Crippen LogP contribution is -2.65. The van der Waals surface area contributed by atoms with Gasteiger partial charge in [0.25, 0.3) is 28.8 Å². The van der Waals surface area contributed by atoms with Gasteiger partial charge in [-0.1, -0.05) is 5.21 Å². The maximum Gasteiger partial charge on any atom is 0.454 e. The minimum absolute atomic E-state index is 0.00301. The SMILES string of the molecule is N=[N+]=C1C(=O)NC(=O)N2C1OC[C@@H]1CC(O)[C@H]2O1.NC(=O)c1cn([C@@H]2O[C@H](CO)CC2O)nn1.Nc1cn([C@@H]2O[C@H](CO)CC2O)c(=O)[nH]c1=O.O=c1[nH]c(=O)n([C@@H]2O[C@H](CO)CC2O)c2n[nH]nc12.O=c1[nH]c(=O)n([C@@H]2O[C@H](CO)CC2O)cc1[N+](=O)[O-].O=c1ccn([C@@H]2O[C@H](CO)CC2O)c(=O)[nH]1. The zero-order valence-electron chi connectivity index (χ0n) is 53.9. The van der Waals surface area contributed by atoms with Gasteiger partial charge in [0.05, 0.1) is 104 Å². The quantitative estimate of drug-likeness (QED) is 0.0234. The molecule has 8 aliphatic heterocycles. The standard InChI is InChI=1S/C9H11N5O5.C9H10N4O5.C9H11N3O7.C9H13N3O5.C9H12N2O5.C8H12N4O4/c15-2-3-1-4(16)8(19-3)14-6-5(11-13-12-6)7(17)10-9(14)18;10-12-5-6(15)11-9(16)13-7-4(14)1-3(18-7)2-17-8(5)13;13-3-4-1-6(14)8(19-4)11-2-5(12(17)18)7(15)10-9(11)16;10-5-2-12(9(16)11-7(5)15)8-6(14)1-4(3-13)17-8;12-4-5-3-6(13)8(16-5)11-2-1-7(14)10-9(11)15;9-7(15)5-2-12(11-10-5)8-6(14)1-4(3-13)16-8/h3-4,8,15-16H,1-2H2,(H,10,17,18)(H,11,12,13);3-4,7-8,10,14H,1-2H2;2,4,6,8,13-14H,1,3H2,(H,10,15,16);2,4,6,8,13-14H,1,3,10H2,(H,11,15,16);1-2,5-6,8,12-13H,3-4H2,(H,10,14,15);2,4,6,8,13-14H,1,3H2,(H2,9,15)/p+1/t3-,4?,8+;3-,4?,7+,8?;2*4-,6?,8+;5-,6?,8+;4-,6?,8+/m000000/s1. The van der Waals surface area contributed by atoms with Crippen molar-refractivity contribution in [3.63, 3.8) is 0 Å². The lowest BCUT2D eigenvalue weighted by molar-refractivity contribution is -0.387. The Morgan fingerprint density at radius 1 is 0.600 bits per heavy atom. The molecule has 0 aliphatic carbocycles. The summed E-state index contributed by atoms with van der Waals surface area (Å²) in [5, 5.41) is 132. The molecule has 8 saturated heterocycles. The number of urea groups is 1. The number of carbonyl (C=O) groups is 3. The molecular weight excluding hydrogens is 1430 g/mol. The molecule has 8 aliphatic rings. The molecule has 52 nitrogen and oxygen atoms in total. The molecule has 6 aromatic heterocycles. The van der Waals surface area contributed by atoms with Crippen molar-refractivity contribution in [1.82, 2.24) is 78.8 Å². The van der Waals surface area contributed by atoms with Gasteiger partial charge < -0.3 is 101 Å². The average Bonchev–Trinajstić information content (AvgIpc) is 1.68. The highest BCUT2D eigenvalue weighted by molar-refractivity contribution is 6.42. The number of primary amides is 1. The third-order valence-corrected chi connectivity index (χ3v) is 16.5. The Morgan fingerprint density at radius 3 is 1.58 bits per heavy atom. The molecule has 572 valence electrons. The Morgan fingerprint density at radius 2 is 1.08 bits per heavy atom. The van der Waals surface area contributed by atoms with Gasteiger partial charge in [-0.2, -0.15) is 5.21 Å².